The van der Waals surface area contributed by atoms with Crippen LogP contribution in [-0.4, -0.2) is 28.2 Å². The first-order valence-electron chi connectivity index (χ1n) is 6.68. The Kier molecular flexibility index (Phi) is 6.84. The van der Waals surface area contributed by atoms with Crippen LogP contribution in [0.25, 0.3) is 0 Å². The number of hydrogen-bond donors (Lipinski definition) is 2. The van der Waals surface area contributed by atoms with Gasteiger partial charge in [0, 0.05) is 0 Å². The number of nitrogens with two attached hydrogens (primary N) is 2. The van der Waals surface area contributed by atoms with E-state index in [1.165, 1.54) is 0 Å². The standard InChI is InChI=1S/C11H22N5O3P/c1-3-5-7-18-20(17,19-8-6-4-2)11-15-9(12)14-10(13)16-11/h3-8H2,1-2H3,(H4,12,13,14,15,16). The zero-order chi connectivity index (χ0) is 15.0. The Balaban J connectivity index is 2.92. The van der Waals surface area contributed by atoms with Crippen LogP contribution < -0.4 is 17.0 Å². The van der Waals surface area contributed by atoms with Crippen molar-refractivity contribution in [2.24, 2.45) is 0 Å². The van der Waals surface area contributed by atoms with Crippen LogP contribution in [0.1, 0.15) is 39.5 Å². The Labute approximate surface area is 118 Å². The molecule has 1 aromatic heterocycles. The fourth-order valence-electron chi connectivity index (χ4n) is 1.33. The van der Waals surface area contributed by atoms with Gasteiger partial charge in [0.05, 0.1) is 13.2 Å². The number of aromatic nitrogens is 3. The average molecular weight is 303 g/mol. The van der Waals surface area contributed by atoms with Gasteiger partial charge in [-0.2, -0.15) is 15.0 Å². The molecule has 1 rings (SSSR count). The first-order chi connectivity index (χ1) is 9.51. The van der Waals surface area contributed by atoms with Crippen molar-refractivity contribution in [3.8, 4) is 0 Å². The predicted molar refractivity (Wildman–Crippen MR) is 77.6 cm³/mol. The van der Waals surface area contributed by atoms with Gasteiger partial charge in [0.1, 0.15) is 0 Å². The first kappa shape index (κ1) is 16.8. The van der Waals surface area contributed by atoms with Gasteiger partial charge in [-0.15, -0.1) is 0 Å². The van der Waals surface area contributed by atoms with Gasteiger partial charge in [0.25, 0.3) is 0 Å². The number of nitrogen functional groups attached to an aromatic ring is 2. The predicted octanol–water partition coefficient (Wildman–Crippen LogP) is 1.49. The van der Waals surface area contributed by atoms with Crippen LogP contribution in [0, 0.1) is 0 Å². The van der Waals surface area contributed by atoms with Gasteiger partial charge in [-0.1, -0.05) is 26.7 Å². The summed E-state index contributed by atoms with van der Waals surface area (Å²) in [6.45, 7) is 4.60. The molecule has 0 radical (unpaired) electrons. The van der Waals surface area contributed by atoms with E-state index >= 15 is 0 Å². The Morgan fingerprint density at radius 1 is 0.950 bits per heavy atom. The Morgan fingerprint density at radius 3 is 1.80 bits per heavy atom. The maximum absolute atomic E-state index is 12.8. The second-order valence-electron chi connectivity index (χ2n) is 4.22. The minimum Gasteiger partial charge on any atom is -0.368 e. The van der Waals surface area contributed by atoms with Crippen LogP contribution in [-0.2, 0) is 13.6 Å². The molecule has 0 bridgehead atoms. The summed E-state index contributed by atoms with van der Waals surface area (Å²) in [5.74, 6) is -0.211. The Hall–Kier alpha value is -1.24. The quantitative estimate of drug-likeness (QED) is 0.519. The second kappa shape index (κ2) is 8.14. The highest BCUT2D eigenvalue weighted by molar-refractivity contribution is 7.61. The molecule has 114 valence electrons. The smallest absolute Gasteiger partial charge is 0.368 e. The first-order valence-corrected chi connectivity index (χ1v) is 8.22. The zero-order valence-electron chi connectivity index (χ0n) is 11.9. The lowest BCUT2D eigenvalue weighted by molar-refractivity contribution is 0.207. The van der Waals surface area contributed by atoms with Crippen LogP contribution in [0.2, 0.25) is 0 Å². The van der Waals surface area contributed by atoms with Crippen LogP contribution in [0.5, 0.6) is 0 Å². The summed E-state index contributed by atoms with van der Waals surface area (Å²) in [5.41, 5.74) is 10.9. The van der Waals surface area contributed by atoms with Crippen molar-refractivity contribution in [2.75, 3.05) is 24.7 Å². The van der Waals surface area contributed by atoms with E-state index < -0.39 is 7.60 Å². The van der Waals surface area contributed by atoms with Crippen molar-refractivity contribution < 1.29 is 13.6 Å². The van der Waals surface area contributed by atoms with E-state index in [0.29, 0.717) is 13.2 Å². The average Bonchev–Trinajstić information content (AvgIpc) is 2.38. The third-order valence-corrected chi connectivity index (χ3v) is 4.16. The van der Waals surface area contributed by atoms with Crippen LogP contribution in [0.15, 0.2) is 0 Å². The molecular formula is C11H22N5O3P. The summed E-state index contributed by atoms with van der Waals surface area (Å²) < 4.78 is 23.5. The lowest BCUT2D eigenvalue weighted by atomic mass is 10.4. The van der Waals surface area contributed by atoms with E-state index in [1.54, 1.807) is 0 Å². The zero-order valence-corrected chi connectivity index (χ0v) is 12.8. The molecule has 0 saturated heterocycles. The molecule has 1 heterocycles. The van der Waals surface area contributed by atoms with Crippen LogP contribution in [0.3, 0.4) is 0 Å². The van der Waals surface area contributed by atoms with Crippen LogP contribution >= 0.6 is 7.60 Å². The highest BCUT2D eigenvalue weighted by atomic mass is 31.2. The van der Waals surface area contributed by atoms with E-state index in [-0.39, 0.29) is 17.5 Å². The Morgan fingerprint density at radius 2 is 1.40 bits per heavy atom. The lowest BCUT2D eigenvalue weighted by Gasteiger charge is -2.17. The summed E-state index contributed by atoms with van der Waals surface area (Å²) in [6.07, 6.45) is 3.35. The molecule has 0 unspecified atom stereocenters. The molecule has 20 heavy (non-hydrogen) atoms. The van der Waals surface area contributed by atoms with E-state index in [1.807, 2.05) is 13.8 Å². The van der Waals surface area contributed by atoms with Crippen molar-refractivity contribution in [2.45, 2.75) is 39.5 Å². The van der Waals surface area contributed by atoms with E-state index in [2.05, 4.69) is 15.0 Å². The van der Waals surface area contributed by atoms with Gasteiger partial charge in [-0.05, 0) is 12.8 Å². The second-order valence-corrected chi connectivity index (χ2v) is 6.13. The maximum atomic E-state index is 12.8. The third kappa shape index (κ3) is 5.03. The molecular weight excluding hydrogens is 281 g/mol. The number of rotatable bonds is 9. The van der Waals surface area contributed by atoms with Crippen molar-refractivity contribution in [1.29, 1.82) is 0 Å². The van der Waals surface area contributed by atoms with Crippen molar-refractivity contribution in [3.63, 3.8) is 0 Å². The highest BCUT2D eigenvalue weighted by Crippen LogP contribution is 2.46. The van der Waals surface area contributed by atoms with Gasteiger partial charge in [-0.25, -0.2) is 0 Å². The Bertz CT molecular complexity index is 437. The molecule has 9 heteroatoms. The molecule has 0 fully saturated rings. The largest absolute Gasteiger partial charge is 0.398 e. The SMILES string of the molecule is CCCCOP(=O)(OCCCC)c1nc(N)nc(N)n1. The van der Waals surface area contributed by atoms with E-state index in [4.69, 9.17) is 20.5 Å². The van der Waals surface area contributed by atoms with Crippen LogP contribution in [0.4, 0.5) is 11.9 Å². The lowest BCUT2D eigenvalue weighted by Crippen LogP contribution is -2.22. The minimum atomic E-state index is -3.61. The van der Waals surface area contributed by atoms with Gasteiger partial charge in [0.2, 0.25) is 17.5 Å². The number of unbranched alkanes of at least 4 members (excludes halogenated alkanes) is 2. The van der Waals surface area contributed by atoms with Gasteiger partial charge >= 0.3 is 7.60 Å². The minimum absolute atomic E-state index is 0.106. The monoisotopic (exact) mass is 303 g/mol. The molecule has 0 aliphatic heterocycles. The summed E-state index contributed by atoms with van der Waals surface area (Å²) in [6, 6.07) is 0. The summed E-state index contributed by atoms with van der Waals surface area (Å²) in [4.78, 5) is 11.3. The molecule has 0 saturated carbocycles. The number of hydrogen-bond acceptors (Lipinski definition) is 8. The summed E-state index contributed by atoms with van der Waals surface area (Å²) in [7, 11) is -3.61. The third-order valence-electron chi connectivity index (χ3n) is 2.42. The number of anilines is 2. The molecule has 0 aliphatic rings. The van der Waals surface area contributed by atoms with Crippen molar-refractivity contribution in [3.05, 3.63) is 0 Å². The molecule has 0 aromatic carbocycles. The van der Waals surface area contributed by atoms with E-state index in [0.717, 1.165) is 25.7 Å². The molecule has 1 aromatic rings. The highest BCUT2D eigenvalue weighted by Gasteiger charge is 2.32. The van der Waals surface area contributed by atoms with Gasteiger partial charge in [0.15, 0.2) is 0 Å². The van der Waals surface area contributed by atoms with Crippen molar-refractivity contribution >= 4 is 25.1 Å². The van der Waals surface area contributed by atoms with E-state index in [9.17, 15) is 4.57 Å². The summed E-state index contributed by atoms with van der Waals surface area (Å²) in [5, 5.41) is 0. The normalized spacial score (nSPS) is 11.7. The van der Waals surface area contributed by atoms with Gasteiger partial charge in [-0.3, -0.25) is 4.57 Å². The maximum Gasteiger partial charge on any atom is 0.398 e. The fourth-order valence-corrected chi connectivity index (χ4v) is 2.82. The molecule has 8 nitrogen and oxygen atoms in total. The molecule has 4 N–H and O–H groups in total. The topological polar surface area (TPSA) is 126 Å². The molecule has 0 atom stereocenters. The summed E-state index contributed by atoms with van der Waals surface area (Å²) >= 11 is 0. The fraction of sp³-hybridized carbons (Fsp3) is 0.727. The van der Waals surface area contributed by atoms with Gasteiger partial charge < -0.3 is 20.5 Å². The van der Waals surface area contributed by atoms with Crippen molar-refractivity contribution in [1.82, 2.24) is 15.0 Å². The number of nitrogens with zero attached hydrogens (tertiary/aromatic N) is 3. The molecule has 0 spiro atoms. The molecule has 0 amide bonds. The molecule has 0 aliphatic carbocycles.